The van der Waals surface area contributed by atoms with Gasteiger partial charge < -0.3 is 8.98 Å². The van der Waals surface area contributed by atoms with Gasteiger partial charge in [-0.1, -0.05) is 85.8 Å². The molecule has 0 N–H and O–H groups in total. The van der Waals surface area contributed by atoms with E-state index in [9.17, 15) is 0 Å². The lowest BCUT2D eigenvalue weighted by Gasteiger charge is -2.23. The van der Waals surface area contributed by atoms with E-state index in [0.717, 1.165) is 16.6 Å². The van der Waals surface area contributed by atoms with Gasteiger partial charge in [-0.25, -0.2) is 0 Å². The van der Waals surface area contributed by atoms with Gasteiger partial charge in [0.15, 0.2) is 0 Å². The van der Waals surface area contributed by atoms with Crippen LogP contribution in [0.1, 0.15) is 30.0 Å². The second-order valence-corrected chi connectivity index (χ2v) is 7.04. The molecule has 0 spiro atoms. The van der Waals surface area contributed by atoms with Crippen molar-refractivity contribution in [2.24, 2.45) is 0 Å². The van der Waals surface area contributed by atoms with Crippen LogP contribution < -0.4 is 0 Å². The molecule has 0 bridgehead atoms. The molecule has 2 aromatic heterocycles. The molecule has 0 saturated carbocycles. The molecule has 29 heavy (non-hydrogen) atoms. The van der Waals surface area contributed by atoms with E-state index in [1.807, 2.05) is 19.1 Å². The van der Waals surface area contributed by atoms with Crippen LogP contribution in [0.25, 0.3) is 22.5 Å². The van der Waals surface area contributed by atoms with Crippen LogP contribution in [0.5, 0.6) is 0 Å². The summed E-state index contributed by atoms with van der Waals surface area (Å²) in [6.07, 6.45) is 0.716. The number of benzene rings is 3. The summed E-state index contributed by atoms with van der Waals surface area (Å²) in [5, 5.41) is 9.69. The van der Waals surface area contributed by atoms with Crippen LogP contribution in [0.2, 0.25) is 0 Å². The van der Waals surface area contributed by atoms with Crippen molar-refractivity contribution in [2.45, 2.75) is 19.4 Å². The molecule has 0 unspecified atom stereocenters. The molecule has 3 aromatic carbocycles. The Hall–Kier alpha value is -3.66. The highest BCUT2D eigenvalue weighted by Gasteiger charge is 2.24. The maximum absolute atomic E-state index is 5.97. The summed E-state index contributed by atoms with van der Waals surface area (Å²) in [5.74, 6) is 1.20. The standard InChI is InChI=1S/C25H21N3O/c1-2-23-26-27-25(29-23)22-17-20-15-9-10-16-21(20)28(22)24(18-11-5-3-6-12-18)19-13-7-4-8-14-19/h3-17,24H,2H2,1H3. The second-order valence-electron chi connectivity index (χ2n) is 7.04. The lowest BCUT2D eigenvalue weighted by atomic mass is 9.98. The topological polar surface area (TPSA) is 43.9 Å². The van der Waals surface area contributed by atoms with Crippen LogP contribution in [0, 0.1) is 0 Å². The summed E-state index contributed by atoms with van der Waals surface area (Å²) in [4.78, 5) is 0. The summed E-state index contributed by atoms with van der Waals surface area (Å²) in [5.41, 5.74) is 4.47. The lowest BCUT2D eigenvalue weighted by Crippen LogP contribution is -2.13. The van der Waals surface area contributed by atoms with E-state index in [0.29, 0.717) is 18.2 Å². The zero-order valence-corrected chi connectivity index (χ0v) is 16.2. The van der Waals surface area contributed by atoms with Crippen molar-refractivity contribution in [2.75, 3.05) is 0 Å². The van der Waals surface area contributed by atoms with E-state index >= 15 is 0 Å². The van der Waals surface area contributed by atoms with Gasteiger partial charge in [-0.05, 0) is 23.3 Å². The molecule has 2 heterocycles. The monoisotopic (exact) mass is 379 g/mol. The molecule has 5 rings (SSSR count). The second kappa shape index (κ2) is 7.40. The number of fused-ring (bicyclic) bond motifs is 1. The number of aromatic nitrogens is 3. The molecule has 0 aliphatic rings. The molecule has 0 amide bonds. The van der Waals surface area contributed by atoms with Crippen molar-refractivity contribution in [3.8, 4) is 11.6 Å². The summed E-state index contributed by atoms with van der Waals surface area (Å²) < 4.78 is 8.28. The zero-order valence-electron chi connectivity index (χ0n) is 16.2. The van der Waals surface area contributed by atoms with Crippen LogP contribution >= 0.6 is 0 Å². The van der Waals surface area contributed by atoms with E-state index in [4.69, 9.17) is 4.42 Å². The van der Waals surface area contributed by atoms with Gasteiger partial charge in [-0.3, -0.25) is 0 Å². The number of para-hydroxylation sites is 1. The van der Waals surface area contributed by atoms with Crippen LogP contribution in [0.4, 0.5) is 0 Å². The third-order valence-electron chi connectivity index (χ3n) is 5.23. The number of nitrogens with zero attached hydrogens (tertiary/aromatic N) is 3. The van der Waals surface area contributed by atoms with Gasteiger partial charge in [0.1, 0.15) is 5.69 Å². The first-order chi connectivity index (χ1) is 14.3. The first kappa shape index (κ1) is 17.4. The number of hydrogen-bond acceptors (Lipinski definition) is 3. The van der Waals surface area contributed by atoms with Gasteiger partial charge >= 0.3 is 0 Å². The van der Waals surface area contributed by atoms with E-state index < -0.39 is 0 Å². The minimum Gasteiger partial charge on any atom is -0.419 e. The fraction of sp³-hybridized carbons (Fsp3) is 0.120. The SMILES string of the molecule is CCc1nnc(-c2cc3ccccc3n2C(c2ccccc2)c2ccccc2)o1. The Morgan fingerprint density at radius 2 is 1.41 bits per heavy atom. The normalized spacial score (nSPS) is 11.4. The van der Waals surface area contributed by atoms with E-state index in [2.05, 4.69) is 93.6 Å². The lowest BCUT2D eigenvalue weighted by molar-refractivity contribution is 0.507. The summed E-state index contributed by atoms with van der Waals surface area (Å²) in [7, 11) is 0. The molecule has 0 saturated heterocycles. The Morgan fingerprint density at radius 1 is 0.793 bits per heavy atom. The molecule has 0 atom stereocenters. The smallest absolute Gasteiger partial charge is 0.264 e. The predicted octanol–water partition coefficient (Wildman–Crippen LogP) is 5.89. The fourth-order valence-electron chi connectivity index (χ4n) is 3.88. The molecule has 142 valence electrons. The Kier molecular flexibility index (Phi) is 4.45. The third-order valence-corrected chi connectivity index (χ3v) is 5.23. The predicted molar refractivity (Wildman–Crippen MR) is 115 cm³/mol. The highest BCUT2D eigenvalue weighted by atomic mass is 16.4. The fourth-order valence-corrected chi connectivity index (χ4v) is 3.88. The summed E-state index contributed by atoms with van der Waals surface area (Å²) in [6.45, 7) is 2.02. The molecule has 0 aliphatic carbocycles. The van der Waals surface area contributed by atoms with Gasteiger partial charge in [0.05, 0.1) is 6.04 Å². The number of hydrogen-bond donors (Lipinski definition) is 0. The summed E-state index contributed by atoms with van der Waals surface area (Å²) >= 11 is 0. The van der Waals surface area contributed by atoms with Crippen molar-refractivity contribution in [1.29, 1.82) is 0 Å². The van der Waals surface area contributed by atoms with Gasteiger partial charge in [-0.2, -0.15) is 0 Å². The first-order valence-corrected chi connectivity index (χ1v) is 9.87. The van der Waals surface area contributed by atoms with Crippen molar-refractivity contribution < 1.29 is 4.42 Å². The van der Waals surface area contributed by atoms with Crippen LogP contribution in [-0.2, 0) is 6.42 Å². The molecule has 0 fully saturated rings. The third kappa shape index (κ3) is 3.13. The van der Waals surface area contributed by atoms with Crippen molar-refractivity contribution in [3.05, 3.63) is 108 Å². The molecular weight excluding hydrogens is 358 g/mol. The highest BCUT2D eigenvalue weighted by molar-refractivity contribution is 5.86. The van der Waals surface area contributed by atoms with Crippen LogP contribution in [0.3, 0.4) is 0 Å². The Labute approximate surface area is 169 Å². The zero-order chi connectivity index (χ0) is 19.6. The Morgan fingerprint density at radius 3 is 2.03 bits per heavy atom. The van der Waals surface area contributed by atoms with E-state index in [1.54, 1.807) is 0 Å². The average Bonchev–Trinajstić information content (AvgIpc) is 3.41. The quantitative estimate of drug-likeness (QED) is 0.382. The molecule has 4 nitrogen and oxygen atoms in total. The first-order valence-electron chi connectivity index (χ1n) is 9.87. The largest absolute Gasteiger partial charge is 0.419 e. The van der Waals surface area contributed by atoms with Gasteiger partial charge in [-0.15, -0.1) is 10.2 Å². The molecule has 0 radical (unpaired) electrons. The van der Waals surface area contributed by atoms with Crippen molar-refractivity contribution >= 4 is 10.9 Å². The van der Waals surface area contributed by atoms with E-state index in [-0.39, 0.29) is 6.04 Å². The van der Waals surface area contributed by atoms with Gasteiger partial charge in [0.2, 0.25) is 5.89 Å². The summed E-state index contributed by atoms with van der Waals surface area (Å²) in [6, 6.07) is 31.6. The molecular formula is C25H21N3O. The maximum atomic E-state index is 5.97. The molecule has 4 heteroatoms. The molecule has 0 aliphatic heterocycles. The Bertz CT molecular complexity index is 1200. The average molecular weight is 379 g/mol. The van der Waals surface area contributed by atoms with Gasteiger partial charge in [0, 0.05) is 17.3 Å². The minimum absolute atomic E-state index is 0.00993. The molecule has 5 aromatic rings. The highest BCUT2D eigenvalue weighted by Crippen LogP contribution is 2.37. The van der Waals surface area contributed by atoms with E-state index in [1.165, 1.54) is 11.1 Å². The van der Waals surface area contributed by atoms with Crippen molar-refractivity contribution in [3.63, 3.8) is 0 Å². The van der Waals surface area contributed by atoms with Crippen LogP contribution in [-0.4, -0.2) is 14.8 Å². The number of rotatable bonds is 5. The number of aryl methyl sites for hydroxylation is 1. The van der Waals surface area contributed by atoms with Gasteiger partial charge in [0.25, 0.3) is 5.89 Å². The Balaban J connectivity index is 1.82. The minimum atomic E-state index is -0.00993. The maximum Gasteiger partial charge on any atom is 0.264 e. The van der Waals surface area contributed by atoms with Crippen LogP contribution in [0.15, 0.2) is 95.4 Å². The van der Waals surface area contributed by atoms with Crippen molar-refractivity contribution in [1.82, 2.24) is 14.8 Å².